The lowest BCUT2D eigenvalue weighted by Crippen LogP contribution is -2.14. The number of hydrogen-bond donors (Lipinski definition) is 0. The molecule has 0 radical (unpaired) electrons. The Morgan fingerprint density at radius 3 is 2.43 bits per heavy atom. The van der Waals surface area contributed by atoms with Crippen LogP contribution in [0.25, 0.3) is 16.8 Å². The Kier molecular flexibility index (Phi) is 6.04. The van der Waals surface area contributed by atoms with Gasteiger partial charge in [0.05, 0.1) is 31.5 Å². The molecule has 6 nitrogen and oxygen atoms in total. The van der Waals surface area contributed by atoms with Crippen molar-refractivity contribution in [3.8, 4) is 17.0 Å². The fourth-order valence-electron chi connectivity index (χ4n) is 2.78. The van der Waals surface area contributed by atoms with Crippen molar-refractivity contribution in [2.75, 3.05) is 13.7 Å². The molecule has 2 aromatic carbocycles. The van der Waals surface area contributed by atoms with E-state index in [0.29, 0.717) is 22.6 Å². The van der Waals surface area contributed by atoms with Gasteiger partial charge in [0.2, 0.25) is 0 Å². The third-order valence-corrected chi connectivity index (χ3v) is 4.20. The van der Waals surface area contributed by atoms with E-state index in [-0.39, 0.29) is 18.8 Å². The second-order valence-corrected chi connectivity index (χ2v) is 5.97. The van der Waals surface area contributed by atoms with Crippen LogP contribution in [0, 0.1) is 0 Å². The molecule has 142 valence electrons. The molecule has 0 saturated carbocycles. The predicted octanol–water partition coefficient (Wildman–Crippen LogP) is 3.65. The highest BCUT2D eigenvalue weighted by Gasteiger charge is 2.19. The number of esters is 1. The average Bonchev–Trinajstić information content (AvgIpc) is 3.17. The number of benzene rings is 2. The normalized spacial score (nSPS) is 10.2. The first-order valence-corrected chi connectivity index (χ1v) is 8.85. The molecule has 0 aliphatic carbocycles. The molecule has 0 fully saturated rings. The number of aromatic nitrogens is 2. The standard InChI is InChI=1S/C22H20N2O4/c1-3-28-22(26)21-13-20(17-7-5-4-6-8-17)23-24(21)14-18(15-25)16-9-11-19(27-2)12-10-16/h4-13H,3,14H2,1-2H3. The van der Waals surface area contributed by atoms with Gasteiger partial charge < -0.3 is 9.47 Å². The monoisotopic (exact) mass is 376 g/mol. The molecule has 0 atom stereocenters. The Balaban J connectivity index is 1.97. The lowest BCUT2D eigenvalue weighted by atomic mass is 10.1. The van der Waals surface area contributed by atoms with Gasteiger partial charge in [0.1, 0.15) is 17.4 Å². The second kappa shape index (κ2) is 8.84. The maximum Gasteiger partial charge on any atom is 0.356 e. The van der Waals surface area contributed by atoms with Crippen LogP contribution >= 0.6 is 0 Å². The Hall–Kier alpha value is -3.63. The summed E-state index contributed by atoms with van der Waals surface area (Å²) >= 11 is 0. The predicted molar refractivity (Wildman–Crippen MR) is 106 cm³/mol. The molecule has 0 bridgehead atoms. The lowest BCUT2D eigenvalue weighted by Gasteiger charge is -2.09. The maximum absolute atomic E-state index is 12.4. The van der Waals surface area contributed by atoms with E-state index < -0.39 is 5.97 Å². The molecule has 1 aromatic heterocycles. The molecular formula is C22H20N2O4. The van der Waals surface area contributed by atoms with E-state index in [0.717, 1.165) is 5.56 Å². The van der Waals surface area contributed by atoms with Gasteiger partial charge in [-0.1, -0.05) is 42.5 Å². The summed E-state index contributed by atoms with van der Waals surface area (Å²) < 4.78 is 11.8. The second-order valence-electron chi connectivity index (χ2n) is 5.97. The van der Waals surface area contributed by atoms with E-state index in [1.807, 2.05) is 36.3 Å². The van der Waals surface area contributed by atoms with Crippen LogP contribution in [0.5, 0.6) is 5.75 Å². The Bertz CT molecular complexity index is 1000. The van der Waals surface area contributed by atoms with E-state index in [2.05, 4.69) is 5.10 Å². The van der Waals surface area contributed by atoms with E-state index in [4.69, 9.17) is 9.47 Å². The van der Waals surface area contributed by atoms with Gasteiger partial charge in [-0.2, -0.15) is 5.10 Å². The average molecular weight is 376 g/mol. The first-order chi connectivity index (χ1) is 13.7. The number of rotatable bonds is 7. The molecule has 0 amide bonds. The SMILES string of the molecule is CCOC(=O)c1cc(-c2ccccc2)nn1CC(=C=O)c1ccc(OC)cc1. The van der Waals surface area contributed by atoms with Crippen LogP contribution in [0.1, 0.15) is 23.0 Å². The van der Waals surface area contributed by atoms with Gasteiger partial charge in [0.25, 0.3) is 0 Å². The van der Waals surface area contributed by atoms with Gasteiger partial charge in [0, 0.05) is 5.56 Å². The molecule has 0 N–H and O–H groups in total. The van der Waals surface area contributed by atoms with Crippen LogP contribution in [0.15, 0.2) is 60.7 Å². The smallest absolute Gasteiger partial charge is 0.356 e. The van der Waals surface area contributed by atoms with Gasteiger partial charge in [-0.05, 0) is 30.7 Å². The Morgan fingerprint density at radius 2 is 1.82 bits per heavy atom. The van der Waals surface area contributed by atoms with Crippen molar-refractivity contribution >= 4 is 17.5 Å². The molecule has 0 aliphatic heterocycles. The van der Waals surface area contributed by atoms with E-state index in [1.165, 1.54) is 4.68 Å². The van der Waals surface area contributed by atoms with Crippen LogP contribution in [-0.4, -0.2) is 35.4 Å². The minimum absolute atomic E-state index is 0.0941. The number of carbonyl (C=O) groups excluding carboxylic acids is 2. The lowest BCUT2D eigenvalue weighted by molar-refractivity contribution is 0.0513. The molecule has 1 heterocycles. The molecule has 28 heavy (non-hydrogen) atoms. The highest BCUT2D eigenvalue weighted by atomic mass is 16.5. The summed E-state index contributed by atoms with van der Waals surface area (Å²) in [5.41, 5.74) is 2.83. The highest BCUT2D eigenvalue weighted by Crippen LogP contribution is 2.23. The molecule has 0 saturated heterocycles. The summed E-state index contributed by atoms with van der Waals surface area (Å²) in [6.07, 6.45) is 0. The summed E-state index contributed by atoms with van der Waals surface area (Å²) in [5.74, 6) is 2.16. The van der Waals surface area contributed by atoms with Crippen molar-refractivity contribution in [1.29, 1.82) is 0 Å². The molecule has 0 unspecified atom stereocenters. The van der Waals surface area contributed by atoms with Crippen molar-refractivity contribution in [2.24, 2.45) is 0 Å². The zero-order chi connectivity index (χ0) is 19.9. The largest absolute Gasteiger partial charge is 0.497 e. The third kappa shape index (κ3) is 4.19. The van der Waals surface area contributed by atoms with Crippen molar-refractivity contribution in [3.63, 3.8) is 0 Å². The number of carbonyl (C=O) groups is 1. The van der Waals surface area contributed by atoms with Crippen LogP contribution < -0.4 is 4.74 Å². The van der Waals surface area contributed by atoms with Crippen molar-refractivity contribution in [2.45, 2.75) is 13.5 Å². The first kappa shape index (κ1) is 19.1. The zero-order valence-corrected chi connectivity index (χ0v) is 15.7. The van der Waals surface area contributed by atoms with Crippen molar-refractivity contribution in [3.05, 3.63) is 71.9 Å². The van der Waals surface area contributed by atoms with Gasteiger partial charge in [-0.3, -0.25) is 4.68 Å². The summed E-state index contributed by atoms with van der Waals surface area (Å²) in [6, 6.07) is 18.2. The van der Waals surface area contributed by atoms with E-state index in [9.17, 15) is 9.59 Å². The molecule has 0 aliphatic rings. The van der Waals surface area contributed by atoms with Crippen LogP contribution in [-0.2, 0) is 16.1 Å². The topological polar surface area (TPSA) is 70.4 Å². The third-order valence-electron chi connectivity index (χ3n) is 4.20. The summed E-state index contributed by atoms with van der Waals surface area (Å²) in [4.78, 5) is 24.0. The van der Waals surface area contributed by atoms with Crippen LogP contribution in [0.3, 0.4) is 0 Å². The molecule has 3 aromatic rings. The quantitative estimate of drug-likeness (QED) is 0.465. The van der Waals surface area contributed by atoms with E-state index >= 15 is 0 Å². The number of nitrogens with zero attached hydrogens (tertiary/aromatic N) is 2. The minimum Gasteiger partial charge on any atom is -0.497 e. The molecular weight excluding hydrogens is 356 g/mol. The zero-order valence-electron chi connectivity index (χ0n) is 15.7. The Labute approximate surface area is 163 Å². The number of allylic oxidation sites excluding steroid dienone is 1. The number of methoxy groups -OCH3 is 1. The van der Waals surface area contributed by atoms with Gasteiger partial charge >= 0.3 is 5.97 Å². The number of ether oxygens (including phenoxy) is 2. The van der Waals surface area contributed by atoms with Crippen LogP contribution in [0.2, 0.25) is 0 Å². The van der Waals surface area contributed by atoms with Gasteiger partial charge in [-0.25, -0.2) is 9.59 Å². The van der Waals surface area contributed by atoms with Crippen molar-refractivity contribution < 1.29 is 19.1 Å². The molecule has 3 rings (SSSR count). The fourth-order valence-corrected chi connectivity index (χ4v) is 2.78. The molecule has 0 spiro atoms. The summed E-state index contributed by atoms with van der Waals surface area (Å²) in [5, 5.41) is 4.52. The summed E-state index contributed by atoms with van der Waals surface area (Å²) in [6.45, 7) is 2.08. The van der Waals surface area contributed by atoms with Gasteiger partial charge in [0.15, 0.2) is 0 Å². The van der Waals surface area contributed by atoms with Crippen LogP contribution in [0.4, 0.5) is 0 Å². The summed E-state index contributed by atoms with van der Waals surface area (Å²) in [7, 11) is 1.58. The minimum atomic E-state index is -0.489. The first-order valence-electron chi connectivity index (χ1n) is 8.85. The highest BCUT2D eigenvalue weighted by molar-refractivity contribution is 5.91. The Morgan fingerprint density at radius 1 is 1.11 bits per heavy atom. The molecule has 6 heteroatoms. The fraction of sp³-hybridized carbons (Fsp3) is 0.182. The van der Waals surface area contributed by atoms with E-state index in [1.54, 1.807) is 44.4 Å². The van der Waals surface area contributed by atoms with Crippen molar-refractivity contribution in [1.82, 2.24) is 9.78 Å². The van der Waals surface area contributed by atoms with Gasteiger partial charge in [-0.15, -0.1) is 0 Å². The maximum atomic E-state index is 12.4. The number of hydrogen-bond acceptors (Lipinski definition) is 5.